The fourth-order valence-electron chi connectivity index (χ4n) is 1.67. The zero-order valence-corrected chi connectivity index (χ0v) is 11.7. The molecule has 0 atom stereocenters. The highest BCUT2D eigenvalue weighted by Crippen LogP contribution is 2.18. The highest BCUT2D eigenvalue weighted by Gasteiger charge is 2.08. The van der Waals surface area contributed by atoms with Crippen molar-refractivity contribution in [1.29, 1.82) is 0 Å². The average Bonchev–Trinajstić information content (AvgIpc) is 2.31. The summed E-state index contributed by atoms with van der Waals surface area (Å²) in [4.78, 5) is 2.27. The van der Waals surface area contributed by atoms with E-state index in [0.29, 0.717) is 0 Å². The molecule has 0 saturated carbocycles. The van der Waals surface area contributed by atoms with E-state index in [1.54, 1.807) is 0 Å². The van der Waals surface area contributed by atoms with Crippen LogP contribution in [0.15, 0.2) is 60.5 Å². The van der Waals surface area contributed by atoms with Gasteiger partial charge in [0.15, 0.2) is 0 Å². The lowest BCUT2D eigenvalue weighted by atomic mass is 10.2. The van der Waals surface area contributed by atoms with Crippen LogP contribution in [0.1, 0.15) is 34.1 Å². The van der Waals surface area contributed by atoms with Crippen molar-refractivity contribution in [3.63, 3.8) is 0 Å². The molecule has 1 heteroatoms. The number of hydrogen-bond donors (Lipinski definition) is 0. The second kappa shape index (κ2) is 8.63. The Morgan fingerprint density at radius 1 is 1.29 bits per heavy atom. The van der Waals surface area contributed by atoms with Crippen LogP contribution in [0.2, 0.25) is 0 Å². The standard InChI is InChI=1S/C16H25N/c1-7-11-12-15(8-2)17(10-4)16(9-3)13-14(5)6/h7-8,11-13H,2,5,9-10H2,1,3-4,6H3/b11-7-,15-12+,16-13+. The second-order valence-corrected chi connectivity index (χ2v) is 3.90. The van der Waals surface area contributed by atoms with Gasteiger partial charge in [-0.15, -0.1) is 0 Å². The number of rotatable bonds is 7. The Labute approximate surface area is 107 Å². The first-order valence-corrected chi connectivity index (χ1v) is 6.19. The van der Waals surface area contributed by atoms with E-state index in [9.17, 15) is 0 Å². The van der Waals surface area contributed by atoms with Gasteiger partial charge in [-0.25, -0.2) is 0 Å². The molecule has 0 aromatic rings. The molecule has 17 heavy (non-hydrogen) atoms. The van der Waals surface area contributed by atoms with Crippen LogP contribution in [0.4, 0.5) is 0 Å². The molecular formula is C16H25N. The summed E-state index contributed by atoms with van der Waals surface area (Å²) < 4.78 is 0. The smallest absolute Gasteiger partial charge is 0.0402 e. The maximum Gasteiger partial charge on any atom is 0.0402 e. The van der Waals surface area contributed by atoms with Crippen molar-refractivity contribution in [3.05, 3.63) is 60.5 Å². The molecule has 0 heterocycles. The minimum atomic E-state index is 0.933. The zero-order valence-electron chi connectivity index (χ0n) is 11.7. The van der Waals surface area contributed by atoms with Crippen molar-refractivity contribution in [1.82, 2.24) is 4.90 Å². The first-order valence-electron chi connectivity index (χ1n) is 6.19. The van der Waals surface area contributed by atoms with E-state index in [1.165, 1.54) is 5.70 Å². The quantitative estimate of drug-likeness (QED) is 0.567. The summed E-state index contributed by atoms with van der Waals surface area (Å²) in [5.41, 5.74) is 3.48. The van der Waals surface area contributed by atoms with Gasteiger partial charge >= 0.3 is 0 Å². The monoisotopic (exact) mass is 231 g/mol. The van der Waals surface area contributed by atoms with Gasteiger partial charge < -0.3 is 4.90 Å². The summed E-state index contributed by atoms with van der Waals surface area (Å²) in [5, 5.41) is 0. The molecule has 0 aliphatic rings. The van der Waals surface area contributed by atoms with Crippen molar-refractivity contribution in [2.45, 2.75) is 34.1 Å². The normalized spacial score (nSPS) is 12.9. The molecular weight excluding hydrogens is 206 g/mol. The molecule has 1 nitrogen and oxygen atoms in total. The third kappa shape index (κ3) is 5.39. The van der Waals surface area contributed by atoms with E-state index < -0.39 is 0 Å². The molecule has 0 rings (SSSR count). The Balaban J connectivity index is 5.27. The Bertz CT molecular complexity index is 343. The van der Waals surface area contributed by atoms with Gasteiger partial charge in [-0.3, -0.25) is 0 Å². The maximum atomic E-state index is 3.94. The number of hydrogen-bond acceptors (Lipinski definition) is 1. The van der Waals surface area contributed by atoms with Crippen LogP contribution in [0.5, 0.6) is 0 Å². The Kier molecular flexibility index (Phi) is 7.87. The van der Waals surface area contributed by atoms with Crippen LogP contribution >= 0.6 is 0 Å². The Morgan fingerprint density at radius 2 is 1.94 bits per heavy atom. The van der Waals surface area contributed by atoms with Crippen LogP contribution in [0, 0.1) is 0 Å². The molecule has 0 amide bonds. The number of nitrogens with zero attached hydrogens (tertiary/aromatic N) is 1. The van der Waals surface area contributed by atoms with Crippen molar-refractivity contribution in [2.75, 3.05) is 6.54 Å². The third-order valence-corrected chi connectivity index (χ3v) is 2.42. The topological polar surface area (TPSA) is 3.24 Å². The molecule has 0 N–H and O–H groups in total. The first-order chi connectivity index (χ1) is 8.10. The fourth-order valence-corrected chi connectivity index (χ4v) is 1.67. The molecule has 0 aliphatic carbocycles. The number of likely N-dealkylation sites (N-methyl/N-ethyl adjacent to an activating group) is 1. The highest BCUT2D eigenvalue weighted by atomic mass is 15.1. The average molecular weight is 231 g/mol. The summed E-state index contributed by atoms with van der Waals surface area (Å²) in [7, 11) is 0. The van der Waals surface area contributed by atoms with Gasteiger partial charge in [0.05, 0.1) is 0 Å². The molecule has 94 valence electrons. The lowest BCUT2D eigenvalue weighted by Gasteiger charge is -2.26. The molecule has 0 saturated heterocycles. The van der Waals surface area contributed by atoms with E-state index in [-0.39, 0.29) is 0 Å². The summed E-state index contributed by atoms with van der Waals surface area (Å²) in [6.07, 6.45) is 11.2. The van der Waals surface area contributed by atoms with Crippen molar-refractivity contribution in [2.24, 2.45) is 0 Å². The van der Waals surface area contributed by atoms with Crippen molar-refractivity contribution < 1.29 is 0 Å². The third-order valence-electron chi connectivity index (χ3n) is 2.42. The van der Waals surface area contributed by atoms with E-state index in [0.717, 1.165) is 24.2 Å². The fraction of sp³-hybridized carbons (Fsp3) is 0.375. The molecule has 0 fully saturated rings. The van der Waals surface area contributed by atoms with E-state index >= 15 is 0 Å². The zero-order chi connectivity index (χ0) is 13.3. The van der Waals surface area contributed by atoms with Crippen LogP contribution in [0.3, 0.4) is 0 Å². The highest BCUT2D eigenvalue weighted by molar-refractivity contribution is 5.28. The lowest BCUT2D eigenvalue weighted by Crippen LogP contribution is -2.21. The van der Waals surface area contributed by atoms with Crippen LogP contribution in [0.25, 0.3) is 0 Å². The molecule has 0 radical (unpaired) electrons. The van der Waals surface area contributed by atoms with E-state index in [1.807, 2.05) is 32.1 Å². The minimum Gasteiger partial charge on any atom is -0.345 e. The Morgan fingerprint density at radius 3 is 2.29 bits per heavy atom. The van der Waals surface area contributed by atoms with Gasteiger partial charge in [-0.05, 0) is 45.4 Å². The maximum absolute atomic E-state index is 3.94. The summed E-state index contributed by atoms with van der Waals surface area (Å²) in [6, 6.07) is 0. The minimum absolute atomic E-state index is 0.933. The van der Waals surface area contributed by atoms with Gasteiger partial charge in [-0.1, -0.05) is 37.8 Å². The van der Waals surface area contributed by atoms with Gasteiger partial charge in [0.2, 0.25) is 0 Å². The first kappa shape index (κ1) is 15.5. The van der Waals surface area contributed by atoms with Crippen LogP contribution < -0.4 is 0 Å². The van der Waals surface area contributed by atoms with Gasteiger partial charge in [0, 0.05) is 17.9 Å². The summed E-state index contributed by atoms with van der Waals surface area (Å²) in [5.74, 6) is 0. The summed E-state index contributed by atoms with van der Waals surface area (Å²) in [6.45, 7) is 17.1. The molecule has 0 unspecified atom stereocenters. The molecule has 0 aromatic carbocycles. The second-order valence-electron chi connectivity index (χ2n) is 3.90. The molecule has 0 spiro atoms. The number of allylic oxidation sites excluding steroid dienone is 7. The molecule has 0 aromatic heterocycles. The predicted molar refractivity (Wildman–Crippen MR) is 78.7 cm³/mol. The van der Waals surface area contributed by atoms with Crippen LogP contribution in [-0.4, -0.2) is 11.4 Å². The lowest BCUT2D eigenvalue weighted by molar-refractivity contribution is 0.449. The van der Waals surface area contributed by atoms with Gasteiger partial charge in [0.25, 0.3) is 0 Å². The largest absolute Gasteiger partial charge is 0.345 e. The van der Waals surface area contributed by atoms with Crippen LogP contribution in [-0.2, 0) is 0 Å². The molecule has 0 aliphatic heterocycles. The van der Waals surface area contributed by atoms with E-state index in [4.69, 9.17) is 0 Å². The SMILES string of the molecule is C=C/C(=C\C=C/C)N(CC)/C(=C/C(=C)C)CC. The summed E-state index contributed by atoms with van der Waals surface area (Å²) >= 11 is 0. The van der Waals surface area contributed by atoms with Crippen molar-refractivity contribution in [3.8, 4) is 0 Å². The van der Waals surface area contributed by atoms with Gasteiger partial charge in [0.1, 0.15) is 0 Å². The molecule has 0 bridgehead atoms. The van der Waals surface area contributed by atoms with Gasteiger partial charge in [-0.2, -0.15) is 0 Å². The van der Waals surface area contributed by atoms with E-state index in [2.05, 4.69) is 44.1 Å². The Hall–Kier alpha value is -1.50. The predicted octanol–water partition coefficient (Wildman–Crippen LogP) is 4.82. The van der Waals surface area contributed by atoms with Crippen molar-refractivity contribution >= 4 is 0 Å².